The Morgan fingerprint density at radius 2 is 1.86 bits per heavy atom. The number of pyridine rings is 2. The Kier molecular flexibility index (Phi) is 6.04. The van der Waals surface area contributed by atoms with E-state index in [0.717, 1.165) is 45.9 Å². The van der Waals surface area contributed by atoms with Crippen molar-refractivity contribution >= 4 is 16.9 Å². The van der Waals surface area contributed by atoms with Gasteiger partial charge in [-0.1, -0.05) is 13.8 Å². The van der Waals surface area contributed by atoms with Gasteiger partial charge in [0.1, 0.15) is 5.82 Å². The summed E-state index contributed by atoms with van der Waals surface area (Å²) in [6.07, 6.45) is 2.18. The Bertz CT molecular complexity index is 974. The maximum Gasteiger partial charge on any atom is 0.135 e. The highest BCUT2D eigenvalue weighted by Gasteiger charge is 2.18. The highest BCUT2D eigenvalue weighted by atomic mass is 16.5. The van der Waals surface area contributed by atoms with Crippen molar-refractivity contribution in [2.24, 2.45) is 0 Å². The van der Waals surface area contributed by atoms with Crippen molar-refractivity contribution in [3.63, 3.8) is 0 Å². The van der Waals surface area contributed by atoms with E-state index in [9.17, 15) is 0 Å². The molecule has 0 fully saturated rings. The van der Waals surface area contributed by atoms with Crippen molar-refractivity contribution in [3.8, 4) is 11.3 Å². The molecule has 0 radical (unpaired) electrons. The Morgan fingerprint density at radius 3 is 2.50 bits per heavy atom. The molecule has 3 rings (SSSR count). The number of hydrogen-bond donors (Lipinski definition) is 1. The van der Waals surface area contributed by atoms with E-state index in [1.54, 1.807) is 7.11 Å². The summed E-state index contributed by atoms with van der Waals surface area (Å²) >= 11 is 0. The topological polar surface area (TPSA) is 52.0 Å². The fourth-order valence-corrected chi connectivity index (χ4v) is 3.67. The molecule has 0 aliphatic heterocycles. The van der Waals surface area contributed by atoms with Gasteiger partial charge in [-0.15, -0.1) is 0 Å². The maximum absolute atomic E-state index is 5.35. The number of ether oxygens (including phenoxy) is 1. The van der Waals surface area contributed by atoms with Crippen molar-refractivity contribution < 1.29 is 4.74 Å². The summed E-state index contributed by atoms with van der Waals surface area (Å²) in [4.78, 5) is 9.95. The normalized spacial score (nSPS) is 12.7. The molecule has 3 heterocycles. The monoisotopic (exact) mass is 380 g/mol. The lowest BCUT2D eigenvalue weighted by atomic mass is 10.0. The van der Waals surface area contributed by atoms with E-state index >= 15 is 0 Å². The van der Waals surface area contributed by atoms with Crippen LogP contribution in [0.15, 0.2) is 24.4 Å². The summed E-state index contributed by atoms with van der Waals surface area (Å²) in [5, 5.41) is 3.43. The van der Waals surface area contributed by atoms with Crippen LogP contribution < -0.4 is 5.32 Å². The van der Waals surface area contributed by atoms with Crippen molar-refractivity contribution in [1.29, 1.82) is 0 Å². The molecule has 0 saturated carbocycles. The summed E-state index contributed by atoms with van der Waals surface area (Å²) in [7, 11) is 1.74. The smallest absolute Gasteiger partial charge is 0.135 e. The molecular formula is C23H32N4O. The van der Waals surface area contributed by atoms with Crippen LogP contribution in [0.5, 0.6) is 0 Å². The number of methoxy groups -OCH3 is 1. The number of rotatable bonds is 7. The maximum atomic E-state index is 5.35. The number of aryl methyl sites for hydroxylation is 2. The molecule has 5 nitrogen and oxygen atoms in total. The highest BCUT2D eigenvalue weighted by molar-refractivity contribution is 5.86. The van der Waals surface area contributed by atoms with Crippen LogP contribution in [0.1, 0.15) is 56.5 Å². The number of hydrogen-bond acceptors (Lipinski definition) is 4. The molecule has 0 amide bonds. The first kappa shape index (κ1) is 20.3. The molecule has 28 heavy (non-hydrogen) atoms. The van der Waals surface area contributed by atoms with Gasteiger partial charge in [-0.2, -0.15) is 0 Å². The lowest BCUT2D eigenvalue weighted by Crippen LogP contribution is -2.10. The number of nitrogens with zero attached hydrogens (tertiary/aromatic N) is 3. The zero-order valence-electron chi connectivity index (χ0n) is 18.1. The molecule has 1 N–H and O–H groups in total. The Labute approximate surface area is 168 Å². The predicted octanol–water partition coefficient (Wildman–Crippen LogP) is 5.48. The quantitative estimate of drug-likeness (QED) is 0.590. The first-order valence-corrected chi connectivity index (χ1v) is 10.1. The van der Waals surface area contributed by atoms with Crippen molar-refractivity contribution in [1.82, 2.24) is 14.5 Å². The molecule has 3 aromatic heterocycles. The van der Waals surface area contributed by atoms with E-state index in [1.165, 1.54) is 5.56 Å². The average Bonchev–Trinajstić information content (AvgIpc) is 2.97. The lowest BCUT2D eigenvalue weighted by Gasteiger charge is -2.16. The first-order valence-electron chi connectivity index (χ1n) is 10.1. The third kappa shape index (κ3) is 3.76. The van der Waals surface area contributed by atoms with E-state index in [1.807, 2.05) is 0 Å². The van der Waals surface area contributed by atoms with E-state index < -0.39 is 0 Å². The first-order chi connectivity index (χ1) is 13.4. The third-order valence-corrected chi connectivity index (χ3v) is 5.17. The van der Waals surface area contributed by atoms with Crippen LogP contribution in [-0.4, -0.2) is 34.8 Å². The molecule has 1 atom stereocenters. The van der Waals surface area contributed by atoms with Crippen molar-refractivity contribution in [2.45, 2.75) is 53.5 Å². The Hall–Kier alpha value is -2.40. The van der Waals surface area contributed by atoms with Crippen LogP contribution >= 0.6 is 0 Å². The SMILES string of the molecule is CCNc1nc(C(C)C)ccc1-c1nc2c(C)cn([C@@H](C)COC)c2cc1C. The molecule has 3 aromatic rings. The predicted molar refractivity (Wildman–Crippen MR) is 117 cm³/mol. The van der Waals surface area contributed by atoms with Gasteiger partial charge >= 0.3 is 0 Å². The fourth-order valence-electron chi connectivity index (χ4n) is 3.67. The Morgan fingerprint density at radius 1 is 1.11 bits per heavy atom. The second-order valence-corrected chi connectivity index (χ2v) is 7.86. The number of anilines is 1. The summed E-state index contributed by atoms with van der Waals surface area (Å²) in [6.45, 7) is 14.3. The largest absolute Gasteiger partial charge is 0.383 e. The minimum Gasteiger partial charge on any atom is -0.383 e. The van der Waals surface area contributed by atoms with Crippen molar-refractivity contribution in [2.75, 3.05) is 25.6 Å². The van der Waals surface area contributed by atoms with Crippen LogP contribution in [0.4, 0.5) is 5.82 Å². The van der Waals surface area contributed by atoms with Gasteiger partial charge in [0.25, 0.3) is 0 Å². The fraction of sp³-hybridized carbons (Fsp3) is 0.478. The van der Waals surface area contributed by atoms with Crippen molar-refractivity contribution in [3.05, 3.63) is 41.2 Å². The van der Waals surface area contributed by atoms with Gasteiger partial charge in [0.2, 0.25) is 0 Å². The highest BCUT2D eigenvalue weighted by Crippen LogP contribution is 2.33. The van der Waals surface area contributed by atoms with E-state index in [4.69, 9.17) is 14.7 Å². The second kappa shape index (κ2) is 8.31. The third-order valence-electron chi connectivity index (χ3n) is 5.17. The molecule has 0 aliphatic carbocycles. The van der Waals surface area contributed by atoms with Crippen LogP contribution in [0, 0.1) is 13.8 Å². The van der Waals surface area contributed by atoms with E-state index in [0.29, 0.717) is 12.5 Å². The van der Waals surface area contributed by atoms with Crippen LogP contribution in [0.3, 0.4) is 0 Å². The number of nitrogens with one attached hydrogen (secondary N) is 1. The van der Waals surface area contributed by atoms with Gasteiger partial charge < -0.3 is 14.6 Å². The summed E-state index contributed by atoms with van der Waals surface area (Å²) < 4.78 is 7.62. The standard InChI is InChI=1S/C23H32N4O/c1-8-24-23-18(9-10-19(25-23)14(2)3)21-15(4)11-20-22(26-21)16(5)12-27(20)17(6)13-28-7/h9-12,14,17H,8,13H2,1-7H3,(H,24,25)/t17-/m0/s1. The van der Waals surface area contributed by atoms with Gasteiger partial charge in [-0.25, -0.2) is 9.97 Å². The molecule has 0 aromatic carbocycles. The molecule has 150 valence electrons. The van der Waals surface area contributed by atoms with E-state index in [-0.39, 0.29) is 6.04 Å². The zero-order chi connectivity index (χ0) is 20.4. The van der Waals surface area contributed by atoms with Crippen LogP contribution in [0.25, 0.3) is 22.3 Å². The van der Waals surface area contributed by atoms with Crippen LogP contribution in [0.2, 0.25) is 0 Å². The minimum atomic E-state index is 0.262. The van der Waals surface area contributed by atoms with Gasteiger partial charge in [0.15, 0.2) is 0 Å². The van der Waals surface area contributed by atoms with Gasteiger partial charge in [0.05, 0.1) is 29.4 Å². The molecular weight excluding hydrogens is 348 g/mol. The van der Waals surface area contributed by atoms with Gasteiger partial charge in [0, 0.05) is 31.1 Å². The summed E-state index contributed by atoms with van der Waals surface area (Å²) in [6, 6.07) is 6.77. The molecule has 5 heteroatoms. The molecule has 0 aliphatic rings. The van der Waals surface area contributed by atoms with Gasteiger partial charge in [-0.3, -0.25) is 0 Å². The summed E-state index contributed by atoms with van der Waals surface area (Å²) in [5.41, 5.74) is 7.66. The summed E-state index contributed by atoms with van der Waals surface area (Å²) in [5.74, 6) is 1.30. The minimum absolute atomic E-state index is 0.262. The Balaban J connectivity index is 2.17. The molecule has 0 unspecified atom stereocenters. The van der Waals surface area contributed by atoms with Crippen LogP contribution in [-0.2, 0) is 4.74 Å². The van der Waals surface area contributed by atoms with E-state index in [2.05, 4.69) is 75.8 Å². The second-order valence-electron chi connectivity index (χ2n) is 7.86. The van der Waals surface area contributed by atoms with Gasteiger partial charge in [-0.05, 0) is 62.9 Å². The number of aromatic nitrogens is 3. The average molecular weight is 381 g/mol. The molecule has 0 spiro atoms. The lowest BCUT2D eigenvalue weighted by molar-refractivity contribution is 0.164. The molecule has 0 bridgehead atoms. The zero-order valence-corrected chi connectivity index (χ0v) is 18.1. The molecule has 0 saturated heterocycles. The number of fused-ring (bicyclic) bond motifs is 1.